The highest BCUT2D eigenvalue weighted by Crippen LogP contribution is 2.47. The molecule has 0 saturated heterocycles. The molecule has 1 aliphatic heterocycles. The molecular formula is C26H29N5O4. The first-order valence-electron chi connectivity index (χ1n) is 11.4. The van der Waals surface area contributed by atoms with Gasteiger partial charge in [-0.1, -0.05) is 12.1 Å². The number of fused-ring (bicyclic) bond motifs is 1. The number of ketones is 1. The van der Waals surface area contributed by atoms with Gasteiger partial charge in [-0.25, -0.2) is 4.68 Å². The number of ether oxygens (including phenoxy) is 3. The van der Waals surface area contributed by atoms with Crippen LogP contribution < -0.4 is 24.4 Å². The lowest BCUT2D eigenvalue weighted by atomic mass is 9.77. The fourth-order valence-electron chi connectivity index (χ4n) is 4.99. The van der Waals surface area contributed by atoms with Crippen molar-refractivity contribution < 1.29 is 19.0 Å². The minimum absolute atomic E-state index is 0.0475. The van der Waals surface area contributed by atoms with E-state index in [1.165, 1.54) is 6.33 Å². The second-order valence-electron chi connectivity index (χ2n) is 8.92. The van der Waals surface area contributed by atoms with Crippen LogP contribution in [0.5, 0.6) is 17.2 Å². The van der Waals surface area contributed by atoms with Gasteiger partial charge in [0.25, 0.3) is 0 Å². The van der Waals surface area contributed by atoms with Crippen LogP contribution in [0.15, 0.2) is 54.0 Å². The number of benzene rings is 2. The van der Waals surface area contributed by atoms with Crippen molar-refractivity contribution in [2.45, 2.75) is 24.8 Å². The summed E-state index contributed by atoms with van der Waals surface area (Å²) < 4.78 is 18.3. The first-order chi connectivity index (χ1) is 16.9. The van der Waals surface area contributed by atoms with Crippen molar-refractivity contribution in [2.75, 3.05) is 45.6 Å². The molecule has 1 N–H and O–H groups in total. The zero-order valence-corrected chi connectivity index (χ0v) is 20.5. The number of rotatable bonds is 6. The summed E-state index contributed by atoms with van der Waals surface area (Å²) in [6, 6.07) is 11.7. The Hall–Kier alpha value is -4.01. The van der Waals surface area contributed by atoms with Crippen molar-refractivity contribution in [1.82, 2.24) is 14.8 Å². The predicted octanol–water partition coefficient (Wildman–Crippen LogP) is 3.79. The second-order valence-corrected chi connectivity index (χ2v) is 8.92. The van der Waals surface area contributed by atoms with Crippen LogP contribution in [-0.4, -0.2) is 56.0 Å². The number of allylic oxidation sites excluding steroid dienone is 2. The first kappa shape index (κ1) is 22.8. The second kappa shape index (κ2) is 8.98. The van der Waals surface area contributed by atoms with E-state index < -0.39 is 0 Å². The van der Waals surface area contributed by atoms with Crippen LogP contribution in [0.1, 0.15) is 35.9 Å². The van der Waals surface area contributed by atoms with Crippen molar-refractivity contribution in [3.05, 3.63) is 65.1 Å². The van der Waals surface area contributed by atoms with Crippen LogP contribution in [0, 0.1) is 0 Å². The zero-order valence-electron chi connectivity index (χ0n) is 20.5. The molecule has 9 heteroatoms. The highest BCUT2D eigenvalue weighted by molar-refractivity contribution is 6.00. The van der Waals surface area contributed by atoms with Gasteiger partial charge in [-0.3, -0.25) is 4.79 Å². The van der Waals surface area contributed by atoms with Crippen LogP contribution in [0.25, 0.3) is 0 Å². The third-order valence-corrected chi connectivity index (χ3v) is 6.75. The standard InChI is InChI=1S/C26H29N5O4/c1-30(2)18-8-6-15(7-9-18)24-23-19(29-26-27-14-28-31(24)26)10-16(11-20(23)32)17-12-21(33-3)25(35-5)22(13-17)34-4/h6-9,12-14,16,24H,10-11H2,1-5H3,(H,27,28,29). The number of carbonyl (C=O) groups is 1. The van der Waals surface area contributed by atoms with E-state index in [2.05, 4.69) is 39.7 Å². The summed E-state index contributed by atoms with van der Waals surface area (Å²) in [5.74, 6) is 2.34. The van der Waals surface area contributed by atoms with Gasteiger partial charge in [0.2, 0.25) is 11.7 Å². The molecule has 1 aromatic heterocycles. The Kier molecular flexibility index (Phi) is 5.84. The lowest BCUT2D eigenvalue weighted by Gasteiger charge is -2.35. The quantitative estimate of drug-likeness (QED) is 0.576. The highest BCUT2D eigenvalue weighted by Gasteiger charge is 2.39. The van der Waals surface area contributed by atoms with Crippen molar-refractivity contribution in [3.63, 3.8) is 0 Å². The molecule has 2 aliphatic rings. The third-order valence-electron chi connectivity index (χ3n) is 6.75. The van der Waals surface area contributed by atoms with Gasteiger partial charge in [0.15, 0.2) is 17.3 Å². The molecule has 9 nitrogen and oxygen atoms in total. The van der Waals surface area contributed by atoms with E-state index in [0.717, 1.165) is 28.1 Å². The van der Waals surface area contributed by atoms with Crippen LogP contribution in [0.4, 0.5) is 11.6 Å². The maximum absolute atomic E-state index is 13.7. The summed E-state index contributed by atoms with van der Waals surface area (Å²) in [7, 11) is 8.77. The van der Waals surface area contributed by atoms with Crippen molar-refractivity contribution in [1.29, 1.82) is 0 Å². The van der Waals surface area contributed by atoms with Gasteiger partial charge in [0.05, 0.1) is 21.3 Å². The fourth-order valence-corrected chi connectivity index (χ4v) is 4.99. The molecule has 2 heterocycles. The lowest BCUT2D eigenvalue weighted by Crippen LogP contribution is -2.33. The first-order valence-corrected chi connectivity index (χ1v) is 11.4. The number of aromatic nitrogens is 3. The van der Waals surface area contributed by atoms with Gasteiger partial charge in [0, 0.05) is 37.5 Å². The molecule has 0 bridgehead atoms. The zero-order chi connectivity index (χ0) is 24.7. The molecule has 0 saturated carbocycles. The third kappa shape index (κ3) is 3.86. The number of methoxy groups -OCH3 is 3. The van der Waals surface area contributed by atoms with Gasteiger partial charge < -0.3 is 24.4 Å². The summed E-state index contributed by atoms with van der Waals surface area (Å²) in [5, 5.41) is 7.81. The summed E-state index contributed by atoms with van der Waals surface area (Å²) in [6.45, 7) is 0. The summed E-state index contributed by atoms with van der Waals surface area (Å²) in [5.41, 5.74) is 4.66. The van der Waals surface area contributed by atoms with E-state index in [0.29, 0.717) is 36.0 Å². The van der Waals surface area contributed by atoms with E-state index >= 15 is 0 Å². The molecule has 0 amide bonds. The number of anilines is 2. The monoisotopic (exact) mass is 475 g/mol. The fraction of sp³-hybridized carbons (Fsp3) is 0.346. The normalized spacial score (nSPS) is 18.9. The maximum atomic E-state index is 13.7. The molecule has 35 heavy (non-hydrogen) atoms. The molecule has 2 aromatic carbocycles. The molecule has 3 aromatic rings. The largest absolute Gasteiger partial charge is 0.493 e. The van der Waals surface area contributed by atoms with E-state index in [-0.39, 0.29) is 17.7 Å². The smallest absolute Gasteiger partial charge is 0.226 e. The average molecular weight is 476 g/mol. The van der Waals surface area contributed by atoms with Crippen molar-refractivity contribution in [3.8, 4) is 17.2 Å². The van der Waals surface area contributed by atoms with Gasteiger partial charge in [-0.2, -0.15) is 10.1 Å². The van der Waals surface area contributed by atoms with Crippen molar-refractivity contribution >= 4 is 17.4 Å². The summed E-state index contributed by atoms with van der Waals surface area (Å²) >= 11 is 0. The van der Waals surface area contributed by atoms with Gasteiger partial charge in [-0.05, 0) is 47.7 Å². The van der Waals surface area contributed by atoms with E-state index in [1.807, 2.05) is 31.1 Å². The molecule has 0 fully saturated rings. The number of hydrogen-bond acceptors (Lipinski definition) is 8. The molecule has 2 atom stereocenters. The number of Topliss-reactive ketones (excluding diaryl/α,β-unsaturated/α-hetero) is 1. The van der Waals surface area contributed by atoms with Crippen LogP contribution in [-0.2, 0) is 4.79 Å². The Bertz CT molecular complexity index is 1270. The lowest BCUT2D eigenvalue weighted by molar-refractivity contribution is -0.116. The molecular weight excluding hydrogens is 446 g/mol. The van der Waals surface area contributed by atoms with Gasteiger partial charge in [-0.15, -0.1) is 0 Å². The Balaban J connectivity index is 1.55. The van der Waals surface area contributed by atoms with Crippen LogP contribution >= 0.6 is 0 Å². The summed E-state index contributed by atoms with van der Waals surface area (Å²) in [6.07, 6.45) is 2.54. The minimum Gasteiger partial charge on any atom is -0.493 e. The Labute approximate surface area is 204 Å². The maximum Gasteiger partial charge on any atom is 0.226 e. The number of nitrogens with zero attached hydrogens (tertiary/aromatic N) is 4. The Morgan fingerprint density at radius 2 is 1.66 bits per heavy atom. The van der Waals surface area contributed by atoms with E-state index in [4.69, 9.17) is 14.2 Å². The van der Waals surface area contributed by atoms with Crippen molar-refractivity contribution in [2.24, 2.45) is 0 Å². The van der Waals surface area contributed by atoms with E-state index in [9.17, 15) is 4.79 Å². The van der Waals surface area contributed by atoms with Gasteiger partial charge in [0.1, 0.15) is 12.4 Å². The molecule has 5 rings (SSSR count). The molecule has 2 unspecified atom stereocenters. The van der Waals surface area contributed by atoms with Crippen LogP contribution in [0.3, 0.4) is 0 Å². The minimum atomic E-state index is -0.326. The Morgan fingerprint density at radius 3 is 2.26 bits per heavy atom. The predicted molar refractivity (Wildman–Crippen MR) is 133 cm³/mol. The SMILES string of the molecule is COc1cc(C2CC(=O)C3=C(C2)Nc2ncnn2C3c2ccc(N(C)C)cc2)cc(OC)c1OC. The molecule has 0 spiro atoms. The molecule has 1 aliphatic carbocycles. The number of nitrogens with one attached hydrogen (secondary N) is 1. The highest BCUT2D eigenvalue weighted by atomic mass is 16.5. The average Bonchev–Trinajstić information content (AvgIpc) is 3.34. The van der Waals surface area contributed by atoms with E-state index in [1.54, 1.807) is 26.0 Å². The topological polar surface area (TPSA) is 90.7 Å². The van der Waals surface area contributed by atoms with Gasteiger partial charge >= 0.3 is 0 Å². The molecule has 182 valence electrons. The number of carbonyl (C=O) groups excluding carboxylic acids is 1. The Morgan fingerprint density at radius 1 is 0.971 bits per heavy atom. The van der Waals surface area contributed by atoms with Crippen LogP contribution in [0.2, 0.25) is 0 Å². The molecule has 0 radical (unpaired) electrons. The number of hydrogen-bond donors (Lipinski definition) is 1. The summed E-state index contributed by atoms with van der Waals surface area (Å²) in [4.78, 5) is 20.1.